The lowest BCUT2D eigenvalue weighted by Gasteiger charge is -2.10. The van der Waals surface area contributed by atoms with Crippen LogP contribution in [0.1, 0.15) is 28.5 Å². The maximum absolute atomic E-state index is 14.2. The summed E-state index contributed by atoms with van der Waals surface area (Å²) in [7, 11) is 0. The van der Waals surface area contributed by atoms with Gasteiger partial charge in [-0.1, -0.05) is 6.92 Å². The van der Waals surface area contributed by atoms with Crippen LogP contribution in [0.5, 0.6) is 11.5 Å². The molecule has 0 saturated heterocycles. The first kappa shape index (κ1) is 24.6. The highest BCUT2D eigenvalue weighted by atomic mass is 19.3. The highest BCUT2D eigenvalue weighted by Crippen LogP contribution is 2.32. The Morgan fingerprint density at radius 2 is 1.79 bits per heavy atom. The fourth-order valence-corrected chi connectivity index (χ4v) is 3.46. The number of nitrogens with one attached hydrogen (secondary N) is 1. The second-order valence-corrected chi connectivity index (χ2v) is 7.65. The molecule has 1 aromatic heterocycles. The second-order valence-electron chi connectivity index (χ2n) is 7.65. The summed E-state index contributed by atoms with van der Waals surface area (Å²) in [6.45, 7) is -0.182. The minimum atomic E-state index is -3.03. The summed E-state index contributed by atoms with van der Waals surface area (Å²) in [5.41, 5.74) is 0.796. The molecule has 0 radical (unpaired) electrons. The number of halogens is 3. The fraction of sp³-hybridized carbons (Fsp3) is 0.261. The standard InChI is InChI=1S/C23H21F3N2O6/c1-11(22(32)33)10-27-20(30)8-15-12(2)28(18-9-17(24)19(29)7-16(15)18)21(31)13-3-5-14(6-4-13)34-23(25)26/h3-7,9,11,23,29H,8,10H2,1-2H3,(H,27,30)(H,32,33). The average molecular weight is 478 g/mol. The molecule has 34 heavy (non-hydrogen) atoms. The predicted molar refractivity (Wildman–Crippen MR) is 115 cm³/mol. The summed E-state index contributed by atoms with van der Waals surface area (Å²) < 4.78 is 44.3. The van der Waals surface area contributed by atoms with Crippen LogP contribution in [0.4, 0.5) is 13.2 Å². The van der Waals surface area contributed by atoms with Crippen LogP contribution in [0.3, 0.4) is 0 Å². The van der Waals surface area contributed by atoms with Gasteiger partial charge < -0.3 is 20.3 Å². The van der Waals surface area contributed by atoms with E-state index in [2.05, 4.69) is 10.1 Å². The summed E-state index contributed by atoms with van der Waals surface area (Å²) in [5.74, 6) is -4.85. The van der Waals surface area contributed by atoms with E-state index in [1.54, 1.807) is 0 Å². The third-order valence-corrected chi connectivity index (χ3v) is 5.30. The van der Waals surface area contributed by atoms with Crippen molar-refractivity contribution in [1.29, 1.82) is 0 Å². The van der Waals surface area contributed by atoms with Gasteiger partial charge in [-0.25, -0.2) is 4.39 Å². The monoisotopic (exact) mass is 478 g/mol. The lowest BCUT2D eigenvalue weighted by atomic mass is 10.1. The van der Waals surface area contributed by atoms with Crippen molar-refractivity contribution in [2.45, 2.75) is 26.9 Å². The molecule has 1 unspecified atom stereocenters. The molecule has 0 fully saturated rings. The van der Waals surface area contributed by atoms with Crippen LogP contribution >= 0.6 is 0 Å². The molecule has 180 valence electrons. The molecule has 8 nitrogen and oxygen atoms in total. The Bertz CT molecular complexity index is 1250. The van der Waals surface area contributed by atoms with Crippen LogP contribution in [-0.2, 0) is 16.0 Å². The van der Waals surface area contributed by atoms with Gasteiger partial charge in [-0.05, 0) is 42.8 Å². The number of hydrogen-bond acceptors (Lipinski definition) is 5. The number of carboxylic acid groups (broad SMARTS) is 1. The maximum atomic E-state index is 14.2. The smallest absolute Gasteiger partial charge is 0.387 e. The van der Waals surface area contributed by atoms with Crippen molar-refractivity contribution in [3.05, 3.63) is 59.0 Å². The first-order chi connectivity index (χ1) is 16.0. The number of hydrogen-bond donors (Lipinski definition) is 3. The molecule has 0 aliphatic heterocycles. The zero-order valence-electron chi connectivity index (χ0n) is 18.1. The average Bonchev–Trinajstić information content (AvgIpc) is 3.02. The number of nitrogens with zero attached hydrogens (tertiary/aromatic N) is 1. The van der Waals surface area contributed by atoms with Gasteiger partial charge in [-0.3, -0.25) is 19.0 Å². The second kappa shape index (κ2) is 9.86. The van der Waals surface area contributed by atoms with Crippen molar-refractivity contribution in [2.24, 2.45) is 5.92 Å². The molecule has 3 N–H and O–H groups in total. The third-order valence-electron chi connectivity index (χ3n) is 5.30. The number of amides is 1. The molecule has 1 heterocycles. The van der Waals surface area contributed by atoms with Crippen LogP contribution in [0, 0.1) is 18.7 Å². The van der Waals surface area contributed by atoms with E-state index >= 15 is 0 Å². The molecular formula is C23H21F3N2O6. The number of carbonyl (C=O) groups excluding carboxylic acids is 2. The van der Waals surface area contributed by atoms with Gasteiger partial charge in [0.1, 0.15) is 5.75 Å². The van der Waals surface area contributed by atoms with Gasteiger partial charge in [0.2, 0.25) is 5.91 Å². The highest BCUT2D eigenvalue weighted by Gasteiger charge is 2.24. The summed E-state index contributed by atoms with van der Waals surface area (Å²) in [6.07, 6.45) is -0.263. The van der Waals surface area contributed by atoms with E-state index in [1.165, 1.54) is 38.1 Å². The van der Waals surface area contributed by atoms with E-state index in [1.807, 2.05) is 0 Å². The largest absolute Gasteiger partial charge is 0.505 e. The predicted octanol–water partition coefficient (Wildman–Crippen LogP) is 3.46. The number of benzene rings is 2. The molecule has 11 heteroatoms. The number of rotatable bonds is 8. The zero-order valence-corrected chi connectivity index (χ0v) is 18.1. The van der Waals surface area contributed by atoms with Crippen LogP contribution in [0.2, 0.25) is 0 Å². The Morgan fingerprint density at radius 1 is 1.15 bits per heavy atom. The molecule has 0 aliphatic rings. The normalized spacial score (nSPS) is 12.1. The SMILES string of the molecule is Cc1c(CC(=O)NCC(C)C(=O)O)c2cc(O)c(F)cc2n1C(=O)c1ccc(OC(F)F)cc1. The lowest BCUT2D eigenvalue weighted by molar-refractivity contribution is -0.141. The summed E-state index contributed by atoms with van der Waals surface area (Å²) >= 11 is 0. The lowest BCUT2D eigenvalue weighted by Crippen LogP contribution is -2.32. The Kier molecular flexibility index (Phi) is 7.14. The zero-order chi connectivity index (χ0) is 25.2. The van der Waals surface area contributed by atoms with Crippen molar-refractivity contribution in [2.75, 3.05) is 6.54 Å². The number of carbonyl (C=O) groups is 3. The van der Waals surface area contributed by atoms with Gasteiger partial charge in [0.25, 0.3) is 5.91 Å². The number of aromatic nitrogens is 1. The van der Waals surface area contributed by atoms with Gasteiger partial charge in [-0.15, -0.1) is 0 Å². The number of phenols is 1. The number of carboxylic acids is 1. The maximum Gasteiger partial charge on any atom is 0.387 e. The Labute approximate surface area is 191 Å². The van der Waals surface area contributed by atoms with E-state index < -0.39 is 41.9 Å². The van der Waals surface area contributed by atoms with Gasteiger partial charge in [-0.2, -0.15) is 8.78 Å². The third kappa shape index (κ3) is 5.13. The summed E-state index contributed by atoms with van der Waals surface area (Å²) in [4.78, 5) is 36.6. The van der Waals surface area contributed by atoms with E-state index in [4.69, 9.17) is 5.11 Å². The topological polar surface area (TPSA) is 118 Å². The van der Waals surface area contributed by atoms with Crippen LogP contribution in [-0.4, -0.2) is 45.7 Å². The van der Waals surface area contributed by atoms with Crippen molar-refractivity contribution >= 4 is 28.7 Å². The number of aromatic hydroxyl groups is 1. The van der Waals surface area contributed by atoms with Crippen molar-refractivity contribution in [3.63, 3.8) is 0 Å². The van der Waals surface area contributed by atoms with Crippen LogP contribution in [0.25, 0.3) is 10.9 Å². The molecule has 0 spiro atoms. The molecular weight excluding hydrogens is 457 g/mol. The van der Waals surface area contributed by atoms with Gasteiger partial charge in [0.15, 0.2) is 11.6 Å². The van der Waals surface area contributed by atoms with Gasteiger partial charge in [0, 0.05) is 29.3 Å². The quantitative estimate of drug-likeness (QED) is 0.457. The van der Waals surface area contributed by atoms with Crippen molar-refractivity contribution in [1.82, 2.24) is 9.88 Å². The van der Waals surface area contributed by atoms with E-state index in [0.29, 0.717) is 11.3 Å². The molecule has 3 aromatic rings. The highest BCUT2D eigenvalue weighted by molar-refractivity contribution is 6.05. The van der Waals surface area contributed by atoms with E-state index in [9.17, 15) is 32.7 Å². The number of alkyl halides is 2. The fourth-order valence-electron chi connectivity index (χ4n) is 3.46. The first-order valence-electron chi connectivity index (χ1n) is 10.1. The molecule has 1 amide bonds. The molecule has 2 aromatic carbocycles. The minimum Gasteiger partial charge on any atom is -0.505 e. The van der Waals surface area contributed by atoms with Crippen molar-refractivity contribution < 1.29 is 42.5 Å². The summed E-state index contributed by atoms with van der Waals surface area (Å²) in [5, 5.41) is 21.6. The van der Waals surface area contributed by atoms with E-state index in [0.717, 1.165) is 16.7 Å². The first-order valence-corrected chi connectivity index (χ1v) is 10.1. The molecule has 0 bridgehead atoms. The number of fused-ring (bicyclic) bond motifs is 1. The van der Waals surface area contributed by atoms with Crippen molar-refractivity contribution in [3.8, 4) is 11.5 Å². The Hall–Kier alpha value is -4.02. The Balaban J connectivity index is 1.99. The molecule has 3 rings (SSSR count). The van der Waals surface area contributed by atoms with E-state index in [-0.39, 0.29) is 35.2 Å². The number of aliphatic carboxylic acids is 1. The van der Waals surface area contributed by atoms with Crippen LogP contribution < -0.4 is 10.1 Å². The molecule has 0 saturated carbocycles. The Morgan fingerprint density at radius 3 is 2.38 bits per heavy atom. The van der Waals surface area contributed by atoms with Gasteiger partial charge >= 0.3 is 12.6 Å². The van der Waals surface area contributed by atoms with Gasteiger partial charge in [0.05, 0.1) is 17.9 Å². The minimum absolute atomic E-state index is 0.0846. The molecule has 0 aliphatic carbocycles. The molecule has 1 atom stereocenters. The van der Waals surface area contributed by atoms with Crippen LogP contribution in [0.15, 0.2) is 36.4 Å². The number of phenolic OH excluding ortho intramolecular Hbond substituents is 1. The summed E-state index contributed by atoms with van der Waals surface area (Å²) in [6, 6.07) is 6.96. The number of ether oxygens (including phenoxy) is 1.